The summed E-state index contributed by atoms with van der Waals surface area (Å²) >= 11 is 7.02. The Bertz CT molecular complexity index is 602. The lowest BCUT2D eigenvalue weighted by molar-refractivity contribution is 0.405. The van der Waals surface area contributed by atoms with E-state index in [2.05, 4.69) is 55.2 Å². The van der Waals surface area contributed by atoms with E-state index in [9.17, 15) is 0 Å². The molecule has 5 heteroatoms. The third kappa shape index (κ3) is 3.81. The molecular weight excluding hydrogens is 384 g/mol. The normalized spacial score (nSPS) is 10.6. The zero-order valence-corrected chi connectivity index (χ0v) is 14.6. The van der Waals surface area contributed by atoms with Gasteiger partial charge in [0.2, 0.25) is 0 Å². The first-order valence-corrected chi connectivity index (χ1v) is 7.82. The van der Waals surface area contributed by atoms with Crippen LogP contribution in [0.4, 0.5) is 0 Å². The fourth-order valence-corrected chi connectivity index (χ4v) is 3.46. The van der Waals surface area contributed by atoms with Gasteiger partial charge in [-0.1, -0.05) is 15.9 Å². The second-order valence-corrected chi connectivity index (χ2v) is 6.26. The Morgan fingerprint density at radius 1 is 1.20 bits per heavy atom. The van der Waals surface area contributed by atoms with Crippen LogP contribution in [-0.4, -0.2) is 12.1 Å². The maximum Gasteiger partial charge on any atom is 0.137 e. The minimum absolute atomic E-state index is 0.732. The second-order valence-electron chi connectivity index (χ2n) is 4.49. The molecule has 0 spiro atoms. The molecule has 1 aromatic carbocycles. The zero-order valence-electron chi connectivity index (χ0n) is 11.4. The number of ether oxygens (including phenoxy) is 1. The predicted octanol–water partition coefficient (Wildman–Crippen LogP) is 4.21. The summed E-state index contributed by atoms with van der Waals surface area (Å²) in [7, 11) is 1.68. The summed E-state index contributed by atoms with van der Waals surface area (Å²) in [4.78, 5) is 4.15. The van der Waals surface area contributed by atoms with Gasteiger partial charge in [0, 0.05) is 35.5 Å². The summed E-state index contributed by atoms with van der Waals surface area (Å²) in [5.74, 6) is 0.864. The first kappa shape index (κ1) is 15.5. The van der Waals surface area contributed by atoms with Crippen LogP contribution in [0.15, 0.2) is 39.5 Å². The van der Waals surface area contributed by atoms with Crippen molar-refractivity contribution in [3.8, 4) is 5.75 Å². The highest BCUT2D eigenvalue weighted by molar-refractivity contribution is 9.11. The molecule has 0 saturated heterocycles. The maximum atomic E-state index is 5.44. The second kappa shape index (κ2) is 7.20. The average Bonchev–Trinajstić information content (AvgIpc) is 2.40. The van der Waals surface area contributed by atoms with Gasteiger partial charge >= 0.3 is 0 Å². The van der Waals surface area contributed by atoms with Gasteiger partial charge < -0.3 is 10.1 Å². The van der Waals surface area contributed by atoms with Crippen LogP contribution < -0.4 is 10.1 Å². The number of nitrogens with zero attached hydrogens (tertiary/aromatic N) is 1. The molecule has 2 aromatic rings. The number of aryl methyl sites for hydroxylation is 1. The molecule has 0 unspecified atom stereocenters. The van der Waals surface area contributed by atoms with E-state index in [4.69, 9.17) is 4.74 Å². The van der Waals surface area contributed by atoms with Gasteiger partial charge in [-0.05, 0) is 52.2 Å². The highest BCUT2D eigenvalue weighted by Crippen LogP contribution is 2.32. The third-order valence-electron chi connectivity index (χ3n) is 3.07. The molecule has 106 valence electrons. The number of hydrogen-bond acceptors (Lipinski definition) is 3. The highest BCUT2D eigenvalue weighted by atomic mass is 79.9. The molecule has 0 aliphatic rings. The number of hydrogen-bond donors (Lipinski definition) is 1. The molecule has 20 heavy (non-hydrogen) atoms. The molecule has 1 heterocycles. The number of benzene rings is 1. The third-order valence-corrected chi connectivity index (χ3v) is 4.11. The van der Waals surface area contributed by atoms with Crippen LogP contribution >= 0.6 is 31.9 Å². The average molecular weight is 400 g/mol. The molecule has 0 saturated carbocycles. The van der Waals surface area contributed by atoms with E-state index in [1.165, 1.54) is 11.1 Å². The molecule has 2 rings (SSSR count). The molecule has 3 nitrogen and oxygen atoms in total. The van der Waals surface area contributed by atoms with Gasteiger partial charge in [0.25, 0.3) is 0 Å². The van der Waals surface area contributed by atoms with Crippen molar-refractivity contribution >= 4 is 31.9 Å². The van der Waals surface area contributed by atoms with E-state index in [1.807, 2.05) is 24.5 Å². The summed E-state index contributed by atoms with van der Waals surface area (Å²) in [6.45, 7) is 3.61. The van der Waals surface area contributed by atoms with Gasteiger partial charge in [-0.3, -0.25) is 4.98 Å². The Hall–Kier alpha value is -0.910. The molecule has 0 aliphatic carbocycles. The number of aromatic nitrogens is 1. The molecule has 0 fully saturated rings. The summed E-state index contributed by atoms with van der Waals surface area (Å²) in [5.41, 5.74) is 3.56. The quantitative estimate of drug-likeness (QED) is 0.817. The fraction of sp³-hybridized carbons (Fsp3) is 0.267. The summed E-state index contributed by atoms with van der Waals surface area (Å²) in [6.07, 6.45) is 3.71. The minimum Gasteiger partial charge on any atom is -0.495 e. The molecule has 0 atom stereocenters. The Morgan fingerprint density at radius 3 is 2.65 bits per heavy atom. The van der Waals surface area contributed by atoms with Gasteiger partial charge in [-0.15, -0.1) is 0 Å². The Kier molecular flexibility index (Phi) is 5.57. The van der Waals surface area contributed by atoms with Gasteiger partial charge in [0.05, 0.1) is 11.6 Å². The summed E-state index contributed by atoms with van der Waals surface area (Å²) in [5, 5.41) is 3.43. The predicted molar refractivity (Wildman–Crippen MR) is 87.9 cm³/mol. The summed E-state index contributed by atoms with van der Waals surface area (Å²) < 4.78 is 7.41. The number of rotatable bonds is 5. The molecule has 0 bridgehead atoms. The van der Waals surface area contributed by atoms with Crippen LogP contribution in [0.2, 0.25) is 0 Å². The molecule has 0 radical (unpaired) electrons. The monoisotopic (exact) mass is 398 g/mol. The Morgan fingerprint density at radius 2 is 1.95 bits per heavy atom. The molecule has 0 amide bonds. The first-order chi connectivity index (χ1) is 9.61. The molecule has 0 aliphatic heterocycles. The van der Waals surface area contributed by atoms with Crippen molar-refractivity contribution in [1.29, 1.82) is 0 Å². The van der Waals surface area contributed by atoms with Crippen molar-refractivity contribution < 1.29 is 4.74 Å². The van der Waals surface area contributed by atoms with Gasteiger partial charge in [-0.25, -0.2) is 0 Å². The fourth-order valence-electron chi connectivity index (χ4n) is 1.99. The number of halogens is 2. The van der Waals surface area contributed by atoms with E-state index in [0.717, 1.165) is 33.3 Å². The maximum absolute atomic E-state index is 5.44. The lowest BCUT2D eigenvalue weighted by Crippen LogP contribution is -2.14. The topological polar surface area (TPSA) is 34.1 Å². The van der Waals surface area contributed by atoms with Crippen molar-refractivity contribution in [2.45, 2.75) is 20.0 Å². The van der Waals surface area contributed by atoms with E-state index in [-0.39, 0.29) is 0 Å². The lowest BCUT2D eigenvalue weighted by Gasteiger charge is -2.13. The molecular formula is C15H16Br2N2O. The van der Waals surface area contributed by atoms with Crippen molar-refractivity contribution in [3.05, 3.63) is 56.2 Å². The standard InChI is InChI=1S/C15H16Br2N2O/c1-10-3-4-18-8-12(10)9-19-7-11-5-13(16)6-14(17)15(11)20-2/h3-6,8,19H,7,9H2,1-2H3. The van der Waals surface area contributed by atoms with Crippen LogP contribution in [0.1, 0.15) is 16.7 Å². The van der Waals surface area contributed by atoms with Crippen LogP contribution in [-0.2, 0) is 13.1 Å². The van der Waals surface area contributed by atoms with Gasteiger partial charge in [0.15, 0.2) is 0 Å². The van der Waals surface area contributed by atoms with Crippen LogP contribution in [0.3, 0.4) is 0 Å². The van der Waals surface area contributed by atoms with Crippen molar-refractivity contribution in [2.24, 2.45) is 0 Å². The highest BCUT2D eigenvalue weighted by Gasteiger charge is 2.09. The smallest absolute Gasteiger partial charge is 0.137 e. The van der Waals surface area contributed by atoms with Crippen molar-refractivity contribution in [2.75, 3.05) is 7.11 Å². The van der Waals surface area contributed by atoms with Crippen molar-refractivity contribution in [3.63, 3.8) is 0 Å². The molecule has 1 N–H and O–H groups in total. The van der Waals surface area contributed by atoms with Crippen LogP contribution in [0.5, 0.6) is 5.75 Å². The van der Waals surface area contributed by atoms with E-state index < -0.39 is 0 Å². The first-order valence-electron chi connectivity index (χ1n) is 6.24. The SMILES string of the molecule is COc1c(Br)cc(Br)cc1CNCc1cnccc1C. The van der Waals surface area contributed by atoms with E-state index in [1.54, 1.807) is 7.11 Å². The lowest BCUT2D eigenvalue weighted by atomic mass is 10.1. The Balaban J connectivity index is 2.06. The summed E-state index contributed by atoms with van der Waals surface area (Å²) in [6, 6.07) is 6.06. The van der Waals surface area contributed by atoms with E-state index in [0.29, 0.717) is 0 Å². The minimum atomic E-state index is 0.732. The van der Waals surface area contributed by atoms with Gasteiger partial charge in [-0.2, -0.15) is 0 Å². The number of methoxy groups -OCH3 is 1. The zero-order chi connectivity index (χ0) is 14.5. The number of nitrogens with one attached hydrogen (secondary N) is 1. The van der Waals surface area contributed by atoms with E-state index >= 15 is 0 Å². The van der Waals surface area contributed by atoms with Crippen LogP contribution in [0, 0.1) is 6.92 Å². The van der Waals surface area contributed by atoms with Gasteiger partial charge in [0.1, 0.15) is 5.75 Å². The molecule has 1 aromatic heterocycles. The Labute approximate surface area is 136 Å². The number of pyridine rings is 1. The largest absolute Gasteiger partial charge is 0.495 e. The van der Waals surface area contributed by atoms with Crippen molar-refractivity contribution in [1.82, 2.24) is 10.3 Å². The van der Waals surface area contributed by atoms with Crippen LogP contribution in [0.25, 0.3) is 0 Å².